The van der Waals surface area contributed by atoms with E-state index >= 15 is 0 Å². The summed E-state index contributed by atoms with van der Waals surface area (Å²) in [6.45, 7) is 4.43. The zero-order chi connectivity index (χ0) is 52.7. The summed E-state index contributed by atoms with van der Waals surface area (Å²) in [5.74, 6) is -0.217. The highest BCUT2D eigenvalue weighted by Gasteiger charge is 2.23. The lowest BCUT2D eigenvalue weighted by Crippen LogP contribution is -2.45. The van der Waals surface area contributed by atoms with Crippen molar-refractivity contribution in [2.75, 3.05) is 40.9 Å². The molecule has 0 spiro atoms. The number of nitrogens with one attached hydrogen (secondary N) is 1. The van der Waals surface area contributed by atoms with Gasteiger partial charge in [0.25, 0.3) is 7.82 Å². The Morgan fingerprint density at radius 3 is 1.29 bits per heavy atom. The average molecular weight is 1020 g/mol. The number of rotatable bonds is 50. The Morgan fingerprint density at radius 2 is 0.861 bits per heavy atom. The van der Waals surface area contributed by atoms with Gasteiger partial charge < -0.3 is 28.8 Å². The summed E-state index contributed by atoms with van der Waals surface area (Å²) in [6, 6.07) is -0.909. The number of nitrogens with zero attached hydrogens (tertiary/aromatic N) is 1. The third kappa shape index (κ3) is 54.4. The first-order chi connectivity index (χ1) is 35.0. The molecule has 0 bridgehead atoms. The Labute approximate surface area is 443 Å². The Balaban J connectivity index is 3.98. The fourth-order valence-corrected chi connectivity index (χ4v) is 8.12. The molecule has 0 aliphatic heterocycles. The van der Waals surface area contributed by atoms with E-state index in [1.807, 2.05) is 27.2 Å². The zero-order valence-corrected chi connectivity index (χ0v) is 47.5. The van der Waals surface area contributed by atoms with Crippen LogP contribution < -0.4 is 10.2 Å². The van der Waals surface area contributed by atoms with Crippen molar-refractivity contribution in [1.82, 2.24) is 5.32 Å². The highest BCUT2D eigenvalue weighted by atomic mass is 31.2. The molecule has 0 aromatic heterocycles. The normalized spacial score (nSPS) is 14.9. The number of phosphoric acid groups is 1. The van der Waals surface area contributed by atoms with Crippen molar-refractivity contribution in [1.29, 1.82) is 0 Å². The third-order valence-electron chi connectivity index (χ3n) is 11.8. The number of amides is 1. The topological polar surface area (TPSA) is 108 Å². The third-order valence-corrected chi connectivity index (χ3v) is 12.8. The van der Waals surface area contributed by atoms with Crippen molar-refractivity contribution in [3.05, 3.63) is 134 Å². The molecule has 0 rings (SSSR count). The van der Waals surface area contributed by atoms with Crippen LogP contribution in [0.25, 0.3) is 0 Å². The van der Waals surface area contributed by atoms with Gasteiger partial charge >= 0.3 is 0 Å². The Bertz CT molecular complexity index is 1630. The molecule has 2 N–H and O–H groups in total. The van der Waals surface area contributed by atoms with Crippen LogP contribution in [-0.4, -0.2) is 68.5 Å². The van der Waals surface area contributed by atoms with E-state index in [0.717, 1.165) is 96.3 Å². The number of unbranched alkanes of at least 4 members (excludes halogenated alkanes) is 17. The summed E-state index contributed by atoms with van der Waals surface area (Å²) in [4.78, 5) is 25.3. The number of hydrogen-bond acceptors (Lipinski definition) is 6. The number of allylic oxidation sites excluding steroid dienone is 21. The molecule has 72 heavy (non-hydrogen) atoms. The molecule has 1 amide bonds. The molecule has 0 saturated heterocycles. The van der Waals surface area contributed by atoms with Crippen molar-refractivity contribution < 1.29 is 32.9 Å². The van der Waals surface area contributed by atoms with Gasteiger partial charge in [0, 0.05) is 6.42 Å². The van der Waals surface area contributed by atoms with Gasteiger partial charge in [-0.05, 0) is 103 Å². The number of phosphoric ester groups is 1. The molecule has 0 aliphatic rings. The second-order valence-corrected chi connectivity index (χ2v) is 21.3. The standard InChI is InChI=1S/C63H107N2O6P/c1-6-8-10-12-14-16-17-18-19-20-21-22-23-24-25-26-27-28-29-30-31-32-33-34-35-36-37-38-39-40-41-42-43-44-45-46-47-49-51-53-55-57-63(67)64-61(60-71-72(68,69)70-59-58-65(3,4)5)62(66)56-54-52-50-48-15-13-11-9-7-2/h8,10,14-16,18-19,21-22,24-25,27-28,30-31,33-34,36-37,48,54,56,61-62,66H,6-7,9,11-13,17,20,23,26,29,32,35,38-47,49-53,55,57-60H2,1-5H3,(H-,64,67,68,69)/b10-8-,16-14-,19-18-,22-21-,25-24-,28-27-,31-30-,34-33-,37-36-,48-15+,56-54+. The highest BCUT2D eigenvalue weighted by Crippen LogP contribution is 2.38. The van der Waals surface area contributed by atoms with Crippen LogP contribution in [0.5, 0.6) is 0 Å². The van der Waals surface area contributed by atoms with Crippen LogP contribution in [0.2, 0.25) is 0 Å². The van der Waals surface area contributed by atoms with Gasteiger partial charge in [-0.25, -0.2) is 0 Å². The number of hydrogen-bond donors (Lipinski definition) is 2. The largest absolute Gasteiger partial charge is 0.756 e. The first-order valence-corrected chi connectivity index (χ1v) is 30.0. The molecule has 9 heteroatoms. The second-order valence-electron chi connectivity index (χ2n) is 19.9. The number of aliphatic hydroxyl groups excluding tert-OH is 1. The number of likely N-dealkylation sites (N-methyl/N-ethyl adjacent to an activating group) is 1. The van der Waals surface area contributed by atoms with Crippen LogP contribution in [0.4, 0.5) is 0 Å². The molecule has 0 heterocycles. The monoisotopic (exact) mass is 1020 g/mol. The van der Waals surface area contributed by atoms with Crippen molar-refractivity contribution in [3.8, 4) is 0 Å². The van der Waals surface area contributed by atoms with Crippen molar-refractivity contribution in [3.63, 3.8) is 0 Å². The molecule has 0 aliphatic carbocycles. The first-order valence-electron chi connectivity index (χ1n) is 28.5. The van der Waals surface area contributed by atoms with E-state index in [1.54, 1.807) is 6.08 Å². The summed E-state index contributed by atoms with van der Waals surface area (Å²) in [5, 5.41) is 13.7. The fraction of sp³-hybridized carbons (Fsp3) is 0.635. The van der Waals surface area contributed by atoms with Crippen LogP contribution in [0.15, 0.2) is 134 Å². The van der Waals surface area contributed by atoms with Crippen LogP contribution in [0.3, 0.4) is 0 Å². The molecule has 0 fully saturated rings. The van der Waals surface area contributed by atoms with E-state index in [4.69, 9.17) is 9.05 Å². The quantitative estimate of drug-likeness (QED) is 0.0272. The van der Waals surface area contributed by atoms with Gasteiger partial charge in [0.1, 0.15) is 13.2 Å². The molecular formula is C63H107N2O6P. The van der Waals surface area contributed by atoms with Gasteiger partial charge in [-0.15, -0.1) is 0 Å². The Hall–Kier alpha value is -3.36. The van der Waals surface area contributed by atoms with Crippen molar-refractivity contribution in [2.24, 2.45) is 0 Å². The van der Waals surface area contributed by atoms with E-state index in [9.17, 15) is 19.4 Å². The lowest BCUT2D eigenvalue weighted by atomic mass is 10.0. The average Bonchev–Trinajstić information content (AvgIpc) is 3.34. The van der Waals surface area contributed by atoms with Crippen LogP contribution in [-0.2, 0) is 18.4 Å². The van der Waals surface area contributed by atoms with Crippen LogP contribution in [0, 0.1) is 0 Å². The van der Waals surface area contributed by atoms with E-state index in [2.05, 4.69) is 141 Å². The summed E-state index contributed by atoms with van der Waals surface area (Å²) >= 11 is 0. The SMILES string of the molecule is CC/C=C\C/C=C\C/C=C\C/C=C\C/C=C\C/C=C\C/C=C\C/C=C\C/C=C\CCCCCCCCCCCCCCCC(=O)NC(COP(=O)([O-])OCC[N+](C)(C)C)C(O)/C=C/CC/C=C/CCCCC. The molecule has 0 radical (unpaired) electrons. The van der Waals surface area contributed by atoms with Crippen LogP contribution >= 0.6 is 7.82 Å². The summed E-state index contributed by atoms with van der Waals surface area (Å²) in [7, 11) is 1.22. The maximum atomic E-state index is 12.9. The van der Waals surface area contributed by atoms with Gasteiger partial charge in [-0.2, -0.15) is 0 Å². The van der Waals surface area contributed by atoms with E-state index in [-0.39, 0.29) is 12.5 Å². The van der Waals surface area contributed by atoms with Crippen LogP contribution in [0.1, 0.15) is 206 Å². The minimum atomic E-state index is -4.60. The summed E-state index contributed by atoms with van der Waals surface area (Å²) in [6.07, 6.45) is 79.9. The lowest BCUT2D eigenvalue weighted by Gasteiger charge is -2.29. The molecule has 0 aromatic carbocycles. The molecule has 3 atom stereocenters. The van der Waals surface area contributed by atoms with E-state index in [1.165, 1.54) is 89.9 Å². The maximum Gasteiger partial charge on any atom is 0.268 e. The van der Waals surface area contributed by atoms with Gasteiger partial charge in [0.2, 0.25) is 5.91 Å². The van der Waals surface area contributed by atoms with E-state index in [0.29, 0.717) is 17.4 Å². The number of carbonyl (C=O) groups is 1. The highest BCUT2D eigenvalue weighted by molar-refractivity contribution is 7.45. The molecule has 3 unspecified atom stereocenters. The number of aliphatic hydroxyl groups is 1. The predicted octanol–water partition coefficient (Wildman–Crippen LogP) is 16.9. The van der Waals surface area contributed by atoms with Gasteiger partial charge in [0.15, 0.2) is 0 Å². The van der Waals surface area contributed by atoms with Gasteiger partial charge in [-0.1, -0.05) is 231 Å². The Morgan fingerprint density at radius 1 is 0.500 bits per heavy atom. The summed E-state index contributed by atoms with van der Waals surface area (Å²) < 4.78 is 23.2. The maximum absolute atomic E-state index is 12.9. The summed E-state index contributed by atoms with van der Waals surface area (Å²) in [5.41, 5.74) is 0. The minimum absolute atomic E-state index is 0.0122. The van der Waals surface area contributed by atoms with Crippen molar-refractivity contribution in [2.45, 2.75) is 219 Å². The first kappa shape index (κ1) is 68.6. The van der Waals surface area contributed by atoms with Gasteiger partial charge in [0.05, 0.1) is 39.9 Å². The number of carbonyl (C=O) groups excluding carboxylic acids is 1. The molecule has 0 saturated carbocycles. The molecule has 410 valence electrons. The molecule has 8 nitrogen and oxygen atoms in total. The smallest absolute Gasteiger partial charge is 0.268 e. The second kappa shape index (κ2) is 52.5. The Kier molecular flexibility index (Phi) is 50.1. The molecular weight excluding hydrogens is 912 g/mol. The molecule has 0 aromatic rings. The predicted molar refractivity (Wildman–Crippen MR) is 311 cm³/mol. The van der Waals surface area contributed by atoms with Crippen molar-refractivity contribution >= 4 is 13.7 Å². The van der Waals surface area contributed by atoms with Gasteiger partial charge in [-0.3, -0.25) is 9.36 Å². The zero-order valence-electron chi connectivity index (χ0n) is 46.6. The fourth-order valence-electron chi connectivity index (χ4n) is 7.39. The van der Waals surface area contributed by atoms with E-state index < -0.39 is 26.6 Å². The minimum Gasteiger partial charge on any atom is -0.756 e. The number of quaternary nitrogens is 1. The lowest BCUT2D eigenvalue weighted by molar-refractivity contribution is -0.870.